The van der Waals surface area contributed by atoms with Gasteiger partial charge in [-0.1, -0.05) is 0 Å². The van der Waals surface area contributed by atoms with Crippen LogP contribution >= 0.6 is 0 Å². The molecule has 1 N–H and O–H groups in total. The minimum atomic E-state index is -0.779. The Morgan fingerprint density at radius 3 is 2.52 bits per heavy atom. The largest absolute Gasteiger partial charge is 0.497 e. The van der Waals surface area contributed by atoms with Gasteiger partial charge in [0, 0.05) is 44.3 Å². The van der Waals surface area contributed by atoms with E-state index in [2.05, 4.69) is 9.88 Å². The number of carboxylic acids is 1. The lowest BCUT2D eigenvalue weighted by atomic mass is 10.3. The zero-order valence-electron chi connectivity index (χ0n) is 13.1. The Hall–Kier alpha value is -2.54. The van der Waals surface area contributed by atoms with Crippen LogP contribution in [0.4, 0.5) is 5.95 Å². The average Bonchev–Trinajstić information content (AvgIpc) is 3.05. The summed E-state index contributed by atoms with van der Waals surface area (Å²) in [6, 6.07) is 7.82. The van der Waals surface area contributed by atoms with Crippen LogP contribution in [0.25, 0.3) is 5.69 Å². The van der Waals surface area contributed by atoms with Crippen molar-refractivity contribution in [2.45, 2.75) is 0 Å². The first-order chi connectivity index (χ1) is 11.2. The maximum Gasteiger partial charge on any atom is 0.317 e. The second kappa shape index (κ2) is 6.70. The van der Waals surface area contributed by atoms with Crippen molar-refractivity contribution in [1.29, 1.82) is 0 Å². The van der Waals surface area contributed by atoms with Gasteiger partial charge in [-0.15, -0.1) is 0 Å². The van der Waals surface area contributed by atoms with E-state index in [4.69, 9.17) is 9.84 Å². The molecule has 1 fully saturated rings. The molecule has 0 amide bonds. The summed E-state index contributed by atoms with van der Waals surface area (Å²) in [6.45, 7) is 3.07. The third kappa shape index (κ3) is 3.45. The minimum Gasteiger partial charge on any atom is -0.497 e. The van der Waals surface area contributed by atoms with E-state index in [0.717, 1.165) is 43.6 Å². The highest BCUT2D eigenvalue weighted by Gasteiger charge is 2.21. The number of nitrogens with zero attached hydrogens (tertiary/aromatic N) is 4. The zero-order chi connectivity index (χ0) is 16.2. The number of carbonyl (C=O) groups is 1. The highest BCUT2D eigenvalue weighted by atomic mass is 16.5. The number of imidazole rings is 1. The van der Waals surface area contributed by atoms with Gasteiger partial charge in [-0.3, -0.25) is 14.3 Å². The van der Waals surface area contributed by atoms with Crippen LogP contribution in [0.5, 0.6) is 5.75 Å². The second-order valence-electron chi connectivity index (χ2n) is 5.45. The van der Waals surface area contributed by atoms with Crippen LogP contribution in [0.15, 0.2) is 36.7 Å². The summed E-state index contributed by atoms with van der Waals surface area (Å²) in [5.74, 6) is 0.918. The summed E-state index contributed by atoms with van der Waals surface area (Å²) in [5.41, 5.74) is 1.02. The number of hydrogen-bond donors (Lipinski definition) is 1. The topological polar surface area (TPSA) is 70.8 Å². The van der Waals surface area contributed by atoms with Crippen LogP contribution in [-0.2, 0) is 4.79 Å². The van der Waals surface area contributed by atoms with E-state index >= 15 is 0 Å². The number of aliphatic carboxylic acids is 1. The fourth-order valence-electron chi connectivity index (χ4n) is 2.77. The summed E-state index contributed by atoms with van der Waals surface area (Å²) in [5, 5.41) is 8.87. The molecule has 3 rings (SSSR count). The molecule has 7 nitrogen and oxygen atoms in total. The van der Waals surface area contributed by atoms with Gasteiger partial charge in [0.25, 0.3) is 0 Å². The molecule has 0 atom stereocenters. The number of anilines is 1. The molecule has 1 aromatic carbocycles. The summed E-state index contributed by atoms with van der Waals surface area (Å²) in [7, 11) is 1.65. The molecule has 1 aliphatic rings. The van der Waals surface area contributed by atoms with Gasteiger partial charge in [0.2, 0.25) is 5.95 Å². The Morgan fingerprint density at radius 1 is 1.22 bits per heavy atom. The number of ether oxygens (including phenoxy) is 1. The van der Waals surface area contributed by atoms with Gasteiger partial charge in [0.05, 0.1) is 13.7 Å². The van der Waals surface area contributed by atoms with Gasteiger partial charge in [0.1, 0.15) is 5.75 Å². The van der Waals surface area contributed by atoms with E-state index in [1.807, 2.05) is 39.9 Å². The van der Waals surface area contributed by atoms with Crippen molar-refractivity contribution in [1.82, 2.24) is 14.5 Å². The number of methoxy groups -OCH3 is 1. The van der Waals surface area contributed by atoms with Crippen LogP contribution in [0.3, 0.4) is 0 Å². The predicted molar refractivity (Wildman–Crippen MR) is 86.4 cm³/mol. The summed E-state index contributed by atoms with van der Waals surface area (Å²) in [6.07, 6.45) is 3.71. The Balaban J connectivity index is 1.72. The van der Waals surface area contributed by atoms with Crippen LogP contribution in [-0.4, -0.2) is 65.4 Å². The lowest BCUT2D eigenvalue weighted by Gasteiger charge is -2.34. The molecule has 2 heterocycles. The molecule has 0 aliphatic carbocycles. The molecular weight excluding hydrogens is 296 g/mol. The summed E-state index contributed by atoms with van der Waals surface area (Å²) < 4.78 is 7.22. The van der Waals surface area contributed by atoms with Gasteiger partial charge in [0.15, 0.2) is 0 Å². The zero-order valence-corrected chi connectivity index (χ0v) is 13.1. The van der Waals surface area contributed by atoms with Crippen molar-refractivity contribution in [3.63, 3.8) is 0 Å². The summed E-state index contributed by atoms with van der Waals surface area (Å²) >= 11 is 0. The Bertz CT molecular complexity index is 660. The number of benzene rings is 1. The third-order valence-corrected chi connectivity index (χ3v) is 3.99. The first-order valence-corrected chi connectivity index (χ1v) is 7.54. The average molecular weight is 316 g/mol. The van der Waals surface area contributed by atoms with Gasteiger partial charge in [-0.25, -0.2) is 4.98 Å². The molecule has 1 aromatic heterocycles. The number of rotatable bonds is 5. The van der Waals surface area contributed by atoms with Crippen molar-refractivity contribution in [3.05, 3.63) is 36.7 Å². The first kappa shape index (κ1) is 15.4. The molecule has 7 heteroatoms. The van der Waals surface area contributed by atoms with Gasteiger partial charge in [-0.2, -0.15) is 0 Å². The van der Waals surface area contributed by atoms with E-state index < -0.39 is 5.97 Å². The fourth-order valence-corrected chi connectivity index (χ4v) is 2.77. The molecule has 2 aromatic rings. The van der Waals surface area contributed by atoms with E-state index in [0.29, 0.717) is 0 Å². The lowest BCUT2D eigenvalue weighted by molar-refractivity contribution is -0.138. The molecule has 0 saturated carbocycles. The standard InChI is InChI=1S/C16H20N4O3/c1-23-14-4-2-13(3-5-14)20-7-6-17-16(20)19-10-8-18(9-11-19)12-15(21)22/h2-7H,8-12H2,1H3,(H,21,22). The highest BCUT2D eigenvalue weighted by Crippen LogP contribution is 2.21. The Kier molecular flexibility index (Phi) is 4.47. The van der Waals surface area contributed by atoms with Gasteiger partial charge in [-0.05, 0) is 24.3 Å². The normalized spacial score (nSPS) is 15.6. The molecule has 122 valence electrons. The van der Waals surface area contributed by atoms with E-state index in [9.17, 15) is 4.79 Å². The van der Waals surface area contributed by atoms with E-state index in [-0.39, 0.29) is 6.54 Å². The number of carboxylic acid groups (broad SMARTS) is 1. The molecule has 1 aliphatic heterocycles. The number of hydrogen-bond acceptors (Lipinski definition) is 5. The van der Waals surface area contributed by atoms with Crippen molar-refractivity contribution in [2.75, 3.05) is 44.7 Å². The Morgan fingerprint density at radius 2 is 1.91 bits per heavy atom. The lowest BCUT2D eigenvalue weighted by Crippen LogP contribution is -2.48. The van der Waals surface area contributed by atoms with E-state index in [1.54, 1.807) is 13.3 Å². The Labute approximate surface area is 134 Å². The van der Waals surface area contributed by atoms with Crippen LogP contribution < -0.4 is 9.64 Å². The van der Waals surface area contributed by atoms with Crippen molar-refractivity contribution in [3.8, 4) is 11.4 Å². The molecule has 0 bridgehead atoms. The first-order valence-electron chi connectivity index (χ1n) is 7.54. The van der Waals surface area contributed by atoms with Crippen molar-refractivity contribution in [2.24, 2.45) is 0 Å². The quantitative estimate of drug-likeness (QED) is 0.890. The van der Waals surface area contributed by atoms with Crippen LogP contribution in [0, 0.1) is 0 Å². The van der Waals surface area contributed by atoms with E-state index in [1.165, 1.54) is 0 Å². The second-order valence-corrected chi connectivity index (χ2v) is 5.45. The predicted octanol–water partition coefficient (Wildman–Crippen LogP) is 1.09. The molecule has 23 heavy (non-hydrogen) atoms. The fraction of sp³-hybridized carbons (Fsp3) is 0.375. The minimum absolute atomic E-state index is 0.0980. The SMILES string of the molecule is COc1ccc(-n2ccnc2N2CCN(CC(=O)O)CC2)cc1. The van der Waals surface area contributed by atoms with Gasteiger partial charge >= 0.3 is 5.97 Å². The maximum atomic E-state index is 10.8. The number of piperazine rings is 1. The third-order valence-electron chi connectivity index (χ3n) is 3.99. The number of aromatic nitrogens is 2. The molecule has 0 unspecified atom stereocenters. The van der Waals surface area contributed by atoms with Crippen LogP contribution in [0.1, 0.15) is 0 Å². The summed E-state index contributed by atoms with van der Waals surface area (Å²) in [4.78, 5) is 19.4. The smallest absolute Gasteiger partial charge is 0.317 e. The van der Waals surface area contributed by atoms with Crippen LogP contribution in [0.2, 0.25) is 0 Å². The molecular formula is C16H20N4O3. The van der Waals surface area contributed by atoms with Crippen molar-refractivity contribution < 1.29 is 14.6 Å². The molecule has 0 radical (unpaired) electrons. The molecule has 1 saturated heterocycles. The van der Waals surface area contributed by atoms with Gasteiger partial charge < -0.3 is 14.7 Å². The molecule has 0 spiro atoms. The monoisotopic (exact) mass is 316 g/mol. The van der Waals surface area contributed by atoms with Crippen molar-refractivity contribution >= 4 is 11.9 Å². The highest BCUT2D eigenvalue weighted by molar-refractivity contribution is 5.69. The maximum absolute atomic E-state index is 10.8.